The maximum absolute atomic E-state index is 5.70. The molecule has 0 aliphatic heterocycles. The molecule has 0 amide bonds. The number of aryl methyl sites for hydroxylation is 1. The van der Waals surface area contributed by atoms with Gasteiger partial charge < -0.3 is 5.32 Å². The van der Waals surface area contributed by atoms with E-state index in [-0.39, 0.29) is 0 Å². The molecular weight excluding hydrogens is 284 g/mol. The summed E-state index contributed by atoms with van der Waals surface area (Å²) in [4.78, 5) is 4.50. The molecule has 0 aliphatic rings. The summed E-state index contributed by atoms with van der Waals surface area (Å²) in [5, 5.41) is 7.58. The summed E-state index contributed by atoms with van der Waals surface area (Å²) < 4.78 is 1.73. The molecule has 2 heterocycles. The van der Waals surface area contributed by atoms with Crippen LogP contribution in [0.25, 0.3) is 11.9 Å². The summed E-state index contributed by atoms with van der Waals surface area (Å²) in [6.07, 6.45) is 7.16. The minimum atomic E-state index is 0.638. The van der Waals surface area contributed by atoms with Gasteiger partial charge in [-0.25, -0.2) is 9.67 Å². The van der Waals surface area contributed by atoms with Gasteiger partial charge in [0.05, 0.1) is 6.20 Å². The standard InChI is InChI=1S/C16H19ClN4/c1-4-14-10-18-21(11-14)16-9-15(8-13(3)20-16)19-12(2)6-5-7-17/h4,8-11H,1-2,5-7H2,3H3,(H,19,20). The zero-order valence-corrected chi connectivity index (χ0v) is 12.9. The molecule has 4 nitrogen and oxygen atoms in total. The van der Waals surface area contributed by atoms with E-state index in [9.17, 15) is 0 Å². The number of rotatable bonds is 7. The second kappa shape index (κ2) is 7.09. The van der Waals surface area contributed by atoms with E-state index < -0.39 is 0 Å². The Morgan fingerprint density at radius 1 is 1.48 bits per heavy atom. The maximum atomic E-state index is 5.70. The summed E-state index contributed by atoms with van der Waals surface area (Å²) in [5.74, 6) is 1.40. The van der Waals surface area contributed by atoms with Crippen molar-refractivity contribution in [1.29, 1.82) is 0 Å². The Kier molecular flexibility index (Phi) is 5.17. The van der Waals surface area contributed by atoms with Crippen LogP contribution in [0.5, 0.6) is 0 Å². The first-order chi connectivity index (χ1) is 10.1. The van der Waals surface area contributed by atoms with E-state index in [0.29, 0.717) is 5.88 Å². The summed E-state index contributed by atoms with van der Waals surface area (Å²) in [5.41, 5.74) is 3.77. The molecule has 1 N–H and O–H groups in total. The van der Waals surface area contributed by atoms with Crippen LogP contribution in [0.4, 0.5) is 5.69 Å². The van der Waals surface area contributed by atoms with Crippen molar-refractivity contribution in [3.8, 4) is 5.82 Å². The molecule has 0 aromatic carbocycles. The monoisotopic (exact) mass is 302 g/mol. The van der Waals surface area contributed by atoms with Gasteiger partial charge in [0.1, 0.15) is 0 Å². The topological polar surface area (TPSA) is 42.7 Å². The first-order valence-corrected chi connectivity index (χ1v) is 7.33. The van der Waals surface area contributed by atoms with Crippen LogP contribution >= 0.6 is 11.6 Å². The zero-order chi connectivity index (χ0) is 15.2. The van der Waals surface area contributed by atoms with Gasteiger partial charge in [0.25, 0.3) is 0 Å². The normalized spacial score (nSPS) is 10.4. The Hall–Kier alpha value is -2.07. The Labute approximate surface area is 130 Å². The van der Waals surface area contributed by atoms with Crippen LogP contribution in [0.15, 0.2) is 43.4 Å². The van der Waals surface area contributed by atoms with Crippen molar-refractivity contribution in [3.05, 3.63) is 54.6 Å². The van der Waals surface area contributed by atoms with Crippen molar-refractivity contribution in [2.24, 2.45) is 0 Å². The van der Waals surface area contributed by atoms with E-state index in [0.717, 1.165) is 41.3 Å². The minimum absolute atomic E-state index is 0.638. The van der Waals surface area contributed by atoms with Gasteiger partial charge in [0.15, 0.2) is 5.82 Å². The predicted octanol–water partition coefficient (Wildman–Crippen LogP) is 4.16. The molecule has 2 aromatic heterocycles. The molecule has 2 aromatic rings. The van der Waals surface area contributed by atoms with Gasteiger partial charge in [-0.05, 0) is 25.8 Å². The molecule has 5 heteroatoms. The molecule has 110 valence electrons. The van der Waals surface area contributed by atoms with E-state index in [1.165, 1.54) is 0 Å². The smallest absolute Gasteiger partial charge is 0.155 e. The number of hydrogen-bond donors (Lipinski definition) is 1. The average molecular weight is 303 g/mol. The minimum Gasteiger partial charge on any atom is -0.359 e. The molecule has 0 aliphatic carbocycles. The highest BCUT2D eigenvalue weighted by atomic mass is 35.5. The largest absolute Gasteiger partial charge is 0.359 e. The van der Waals surface area contributed by atoms with Gasteiger partial charge >= 0.3 is 0 Å². The first-order valence-electron chi connectivity index (χ1n) is 6.79. The zero-order valence-electron chi connectivity index (χ0n) is 12.1. The Morgan fingerprint density at radius 2 is 2.29 bits per heavy atom. The summed E-state index contributed by atoms with van der Waals surface area (Å²) in [7, 11) is 0. The summed E-state index contributed by atoms with van der Waals surface area (Å²) >= 11 is 5.70. The van der Waals surface area contributed by atoms with Crippen LogP contribution in [-0.2, 0) is 0 Å². The third-order valence-electron chi connectivity index (χ3n) is 2.95. The van der Waals surface area contributed by atoms with Crippen molar-refractivity contribution < 1.29 is 0 Å². The Morgan fingerprint density at radius 3 is 2.95 bits per heavy atom. The van der Waals surface area contributed by atoms with Crippen LogP contribution in [0, 0.1) is 6.92 Å². The lowest BCUT2D eigenvalue weighted by Crippen LogP contribution is -2.04. The van der Waals surface area contributed by atoms with E-state index in [4.69, 9.17) is 11.6 Å². The Bertz CT molecular complexity index is 645. The first kappa shape index (κ1) is 15.3. The number of aromatic nitrogens is 3. The van der Waals surface area contributed by atoms with Gasteiger partial charge in [0, 0.05) is 40.8 Å². The predicted molar refractivity (Wildman–Crippen MR) is 88.9 cm³/mol. The Balaban J connectivity index is 2.20. The van der Waals surface area contributed by atoms with Crippen LogP contribution in [0.3, 0.4) is 0 Å². The maximum Gasteiger partial charge on any atom is 0.155 e. The second-order valence-corrected chi connectivity index (χ2v) is 5.18. The molecule has 0 spiro atoms. The second-order valence-electron chi connectivity index (χ2n) is 4.80. The van der Waals surface area contributed by atoms with Crippen molar-refractivity contribution in [3.63, 3.8) is 0 Å². The fourth-order valence-corrected chi connectivity index (χ4v) is 2.09. The van der Waals surface area contributed by atoms with Gasteiger partial charge in [-0.3, -0.25) is 0 Å². The van der Waals surface area contributed by atoms with E-state index in [1.54, 1.807) is 17.0 Å². The molecule has 0 atom stereocenters. The number of nitrogens with zero attached hydrogens (tertiary/aromatic N) is 3. The van der Waals surface area contributed by atoms with E-state index in [2.05, 4.69) is 28.6 Å². The molecule has 0 bridgehead atoms. The van der Waals surface area contributed by atoms with Crippen molar-refractivity contribution in [2.75, 3.05) is 11.2 Å². The van der Waals surface area contributed by atoms with Crippen LogP contribution in [0.2, 0.25) is 0 Å². The molecular formula is C16H19ClN4. The molecule has 0 unspecified atom stereocenters. The number of alkyl halides is 1. The van der Waals surface area contributed by atoms with Gasteiger partial charge in [-0.15, -0.1) is 11.6 Å². The van der Waals surface area contributed by atoms with Crippen molar-refractivity contribution in [2.45, 2.75) is 19.8 Å². The molecule has 0 radical (unpaired) electrons. The molecule has 0 fully saturated rings. The third-order valence-corrected chi connectivity index (χ3v) is 3.21. The lowest BCUT2D eigenvalue weighted by atomic mass is 10.2. The van der Waals surface area contributed by atoms with Gasteiger partial charge in [-0.1, -0.05) is 19.2 Å². The fourth-order valence-electron chi connectivity index (χ4n) is 1.95. The lowest BCUT2D eigenvalue weighted by molar-refractivity contribution is 0.840. The molecule has 0 saturated heterocycles. The summed E-state index contributed by atoms with van der Waals surface area (Å²) in [6.45, 7) is 9.70. The van der Waals surface area contributed by atoms with Gasteiger partial charge in [-0.2, -0.15) is 5.10 Å². The summed E-state index contributed by atoms with van der Waals surface area (Å²) in [6, 6.07) is 3.92. The molecule has 2 rings (SSSR count). The van der Waals surface area contributed by atoms with Crippen molar-refractivity contribution >= 4 is 23.4 Å². The van der Waals surface area contributed by atoms with Crippen LogP contribution in [-0.4, -0.2) is 20.6 Å². The lowest BCUT2D eigenvalue weighted by Gasteiger charge is -2.11. The number of hydrogen-bond acceptors (Lipinski definition) is 3. The number of pyridine rings is 1. The number of allylic oxidation sites excluding steroid dienone is 1. The van der Waals surface area contributed by atoms with Crippen LogP contribution < -0.4 is 5.32 Å². The highest BCUT2D eigenvalue weighted by Crippen LogP contribution is 2.17. The number of halogens is 1. The highest BCUT2D eigenvalue weighted by Gasteiger charge is 2.05. The molecule has 0 saturated carbocycles. The quantitative estimate of drug-likeness (QED) is 0.781. The van der Waals surface area contributed by atoms with E-state index in [1.807, 2.05) is 25.3 Å². The van der Waals surface area contributed by atoms with Crippen LogP contribution in [0.1, 0.15) is 24.1 Å². The third kappa shape index (κ3) is 4.20. The number of nitrogens with one attached hydrogen (secondary N) is 1. The SMILES string of the molecule is C=Cc1cnn(-c2cc(NC(=C)CCCCl)cc(C)n2)c1. The molecule has 21 heavy (non-hydrogen) atoms. The number of anilines is 1. The van der Waals surface area contributed by atoms with Gasteiger partial charge in [0.2, 0.25) is 0 Å². The van der Waals surface area contributed by atoms with Crippen molar-refractivity contribution in [1.82, 2.24) is 14.8 Å². The highest BCUT2D eigenvalue weighted by molar-refractivity contribution is 6.17. The van der Waals surface area contributed by atoms with E-state index >= 15 is 0 Å². The fraction of sp³-hybridized carbons (Fsp3) is 0.250. The average Bonchev–Trinajstić information content (AvgIpc) is 2.93.